The van der Waals surface area contributed by atoms with Crippen LogP contribution in [0.4, 0.5) is 0 Å². The number of thiazole rings is 1. The highest BCUT2D eigenvalue weighted by atomic mass is 35.5. The van der Waals surface area contributed by atoms with Crippen LogP contribution in [0.25, 0.3) is 4.83 Å². The number of hydrogen-bond acceptors (Lipinski definition) is 6. The Morgan fingerprint density at radius 2 is 2.25 bits per heavy atom. The van der Waals surface area contributed by atoms with E-state index in [1.807, 2.05) is 24.6 Å². The van der Waals surface area contributed by atoms with E-state index in [-0.39, 0.29) is 0 Å². The second-order valence-electron chi connectivity index (χ2n) is 5.25. The molecule has 0 spiro atoms. The zero-order valence-corrected chi connectivity index (χ0v) is 15.4. The van der Waals surface area contributed by atoms with E-state index >= 15 is 0 Å². The molecule has 2 N–H and O–H groups in total. The van der Waals surface area contributed by atoms with E-state index in [0.717, 1.165) is 27.3 Å². The second-order valence-corrected chi connectivity index (χ2v) is 6.63. The van der Waals surface area contributed by atoms with E-state index in [1.165, 1.54) is 0 Å². The smallest absolute Gasteiger partial charge is 0.152 e. The van der Waals surface area contributed by atoms with Crippen molar-refractivity contribution in [2.45, 2.75) is 12.8 Å². The zero-order chi connectivity index (χ0) is 17.7. The van der Waals surface area contributed by atoms with Gasteiger partial charge in [0.1, 0.15) is 4.83 Å². The first kappa shape index (κ1) is 18.2. The highest BCUT2D eigenvalue weighted by Gasteiger charge is 2.16. The van der Waals surface area contributed by atoms with E-state index < -0.39 is 0 Å². The highest BCUT2D eigenvalue weighted by molar-refractivity contribution is 7.18. The number of likely N-dealkylation sites (N-methyl/N-ethyl adjacent to an activating group) is 1. The van der Waals surface area contributed by atoms with Gasteiger partial charge >= 0.3 is 0 Å². The number of nitrogens with two attached hydrogens (primary N) is 1. The fourth-order valence-corrected chi connectivity index (χ4v) is 3.55. The third-order valence-corrected chi connectivity index (χ3v) is 5.04. The lowest BCUT2D eigenvalue weighted by molar-refractivity contribution is 0.112. The number of aliphatic imine (C=N–C) groups is 1. The molecule has 0 atom stereocenters. The Hall–Kier alpha value is -2.12. The Balaban J connectivity index is 2.30. The summed E-state index contributed by atoms with van der Waals surface area (Å²) in [4.78, 5) is 17.3. The minimum atomic E-state index is 0.443. The van der Waals surface area contributed by atoms with Gasteiger partial charge in [0.15, 0.2) is 6.29 Å². The zero-order valence-electron chi connectivity index (χ0n) is 13.9. The third-order valence-electron chi connectivity index (χ3n) is 3.47. The van der Waals surface area contributed by atoms with Crippen molar-refractivity contribution in [2.75, 3.05) is 20.6 Å². The van der Waals surface area contributed by atoms with Crippen LogP contribution in [0.15, 0.2) is 28.1 Å². The number of aldehydes is 1. The van der Waals surface area contributed by atoms with E-state index in [4.69, 9.17) is 17.3 Å². The largest absolute Gasteiger partial charge is 0.400 e. The molecule has 2 aromatic rings. The molecule has 2 heterocycles. The lowest BCUT2D eigenvalue weighted by Crippen LogP contribution is -2.19. The molecule has 0 saturated carbocycles. The summed E-state index contributed by atoms with van der Waals surface area (Å²) >= 11 is 7.47. The van der Waals surface area contributed by atoms with Gasteiger partial charge in [-0.25, -0.2) is 0 Å². The molecule has 0 radical (unpaired) electrons. The average molecular weight is 366 g/mol. The lowest BCUT2D eigenvalue weighted by Gasteiger charge is -2.12. The predicted molar refractivity (Wildman–Crippen MR) is 102 cm³/mol. The lowest BCUT2D eigenvalue weighted by atomic mass is 10.2. The first-order valence-electron chi connectivity index (χ1n) is 7.28. The Labute approximate surface area is 149 Å². The third kappa shape index (κ3) is 3.85. The van der Waals surface area contributed by atoms with Crippen LogP contribution >= 0.6 is 22.9 Å². The maximum absolute atomic E-state index is 11.5. The van der Waals surface area contributed by atoms with Crippen molar-refractivity contribution in [1.82, 2.24) is 9.41 Å². The summed E-state index contributed by atoms with van der Waals surface area (Å²) in [5.74, 6) is 0.443. The maximum atomic E-state index is 11.5. The van der Waals surface area contributed by atoms with Crippen molar-refractivity contribution < 1.29 is 4.79 Å². The number of rotatable bonds is 7. The van der Waals surface area contributed by atoms with Gasteiger partial charge in [-0.2, -0.15) is 5.10 Å². The summed E-state index contributed by atoms with van der Waals surface area (Å²) < 4.78 is 1.99. The van der Waals surface area contributed by atoms with Crippen LogP contribution in [0.3, 0.4) is 0 Å². The van der Waals surface area contributed by atoms with Gasteiger partial charge in [0.05, 0.1) is 18.6 Å². The van der Waals surface area contributed by atoms with E-state index in [0.29, 0.717) is 23.7 Å². The average Bonchev–Trinajstić information content (AvgIpc) is 3.09. The van der Waals surface area contributed by atoms with Crippen molar-refractivity contribution >= 4 is 46.5 Å². The van der Waals surface area contributed by atoms with Crippen molar-refractivity contribution in [3.8, 4) is 0 Å². The number of hydrogen-bond donors (Lipinski definition) is 1. The molecule has 0 aromatic carbocycles. The topological polar surface area (TPSA) is 75.5 Å². The SMILES string of the molecule is CN=CC=C(N)CN(C)/N=C\c1c(C=O)c(C)n2cc(CCl)sc12. The summed E-state index contributed by atoms with van der Waals surface area (Å²) in [7, 11) is 3.50. The van der Waals surface area contributed by atoms with Gasteiger partial charge in [-0.05, 0) is 13.0 Å². The van der Waals surface area contributed by atoms with Gasteiger partial charge in [-0.3, -0.25) is 14.8 Å². The number of fused-ring (bicyclic) bond motifs is 1. The van der Waals surface area contributed by atoms with Crippen LogP contribution in [0.2, 0.25) is 0 Å². The van der Waals surface area contributed by atoms with Gasteiger partial charge in [-0.15, -0.1) is 22.9 Å². The molecule has 0 saturated heterocycles. The molecule has 128 valence electrons. The molecule has 24 heavy (non-hydrogen) atoms. The van der Waals surface area contributed by atoms with Crippen molar-refractivity contribution in [3.05, 3.63) is 39.7 Å². The molecular weight excluding hydrogens is 346 g/mol. The quantitative estimate of drug-likeness (QED) is 0.354. The first-order chi connectivity index (χ1) is 11.5. The summed E-state index contributed by atoms with van der Waals surface area (Å²) in [5.41, 5.74) is 8.85. The summed E-state index contributed by atoms with van der Waals surface area (Å²) in [5, 5.41) is 6.10. The number of carbonyl (C=O) groups excluding carboxylic acids is 1. The van der Waals surface area contributed by atoms with Crippen LogP contribution < -0.4 is 5.73 Å². The number of alkyl halides is 1. The summed E-state index contributed by atoms with van der Waals surface area (Å²) in [6.45, 7) is 2.37. The van der Waals surface area contributed by atoms with Gasteiger partial charge < -0.3 is 10.1 Å². The number of aromatic nitrogens is 1. The molecule has 0 bridgehead atoms. The van der Waals surface area contributed by atoms with Crippen molar-refractivity contribution in [1.29, 1.82) is 0 Å². The standard InChI is InChI=1S/C16H20ClN5OS/c1-11-15(10-23)14(16-22(11)9-13(6-17)24-16)7-20-21(3)8-12(18)4-5-19-2/h4-5,7,9-10H,6,8,18H2,1-3H3/b12-4?,19-5?,20-7-. The van der Waals surface area contributed by atoms with Crippen LogP contribution in [-0.2, 0) is 5.88 Å². The molecule has 8 heteroatoms. The number of halogens is 1. The van der Waals surface area contributed by atoms with E-state index in [2.05, 4.69) is 10.1 Å². The molecular formula is C16H20ClN5OS. The van der Waals surface area contributed by atoms with Crippen molar-refractivity contribution in [3.63, 3.8) is 0 Å². The predicted octanol–water partition coefficient (Wildman–Crippen LogP) is 2.67. The number of carbonyl (C=O) groups is 1. The Kier molecular flexibility index (Phi) is 6.16. The van der Waals surface area contributed by atoms with Gasteiger partial charge in [-0.1, -0.05) is 0 Å². The molecule has 0 aliphatic rings. The summed E-state index contributed by atoms with van der Waals surface area (Å²) in [6, 6.07) is 0. The van der Waals surface area contributed by atoms with E-state index in [1.54, 1.807) is 41.9 Å². The number of hydrazone groups is 1. The Morgan fingerprint density at radius 3 is 2.88 bits per heavy atom. The monoisotopic (exact) mass is 365 g/mol. The van der Waals surface area contributed by atoms with Crippen LogP contribution in [0.5, 0.6) is 0 Å². The fourth-order valence-electron chi connectivity index (χ4n) is 2.30. The second kappa shape index (κ2) is 8.12. The molecule has 0 unspecified atom stereocenters. The minimum Gasteiger partial charge on any atom is -0.400 e. The highest BCUT2D eigenvalue weighted by Crippen LogP contribution is 2.28. The molecule has 2 aromatic heterocycles. The maximum Gasteiger partial charge on any atom is 0.152 e. The number of aryl methyl sites for hydroxylation is 1. The Bertz CT molecular complexity index is 818. The van der Waals surface area contributed by atoms with Gasteiger partial charge in [0.2, 0.25) is 0 Å². The van der Waals surface area contributed by atoms with Crippen LogP contribution in [-0.4, -0.2) is 48.8 Å². The first-order valence-corrected chi connectivity index (χ1v) is 8.63. The fraction of sp³-hybridized carbons (Fsp3) is 0.312. The van der Waals surface area contributed by atoms with Crippen molar-refractivity contribution in [2.24, 2.45) is 15.8 Å². The van der Waals surface area contributed by atoms with Gasteiger partial charge in [0.25, 0.3) is 0 Å². The molecule has 0 aliphatic carbocycles. The normalized spacial score (nSPS) is 12.8. The minimum absolute atomic E-state index is 0.443. The molecule has 2 rings (SSSR count). The van der Waals surface area contributed by atoms with E-state index in [9.17, 15) is 4.79 Å². The molecule has 6 nitrogen and oxygen atoms in total. The summed E-state index contributed by atoms with van der Waals surface area (Å²) in [6.07, 6.45) is 7.89. The van der Waals surface area contributed by atoms with Crippen LogP contribution in [0.1, 0.15) is 26.5 Å². The Morgan fingerprint density at radius 1 is 1.50 bits per heavy atom. The molecule has 0 aliphatic heterocycles. The number of allylic oxidation sites excluding steroid dienone is 1. The molecule has 0 amide bonds. The number of nitrogens with zero attached hydrogens (tertiary/aromatic N) is 4. The molecule has 0 fully saturated rings. The van der Waals surface area contributed by atoms with Gasteiger partial charge in [0, 0.05) is 53.9 Å². The van der Waals surface area contributed by atoms with Crippen LogP contribution in [0, 0.1) is 6.92 Å².